The summed E-state index contributed by atoms with van der Waals surface area (Å²) in [4.78, 5) is 12.0. The number of benzene rings is 1. The monoisotopic (exact) mass is 306 g/mol. The molecule has 1 aliphatic rings. The van der Waals surface area contributed by atoms with Crippen molar-refractivity contribution in [1.29, 1.82) is 0 Å². The zero-order valence-electron chi connectivity index (χ0n) is 13.5. The molecule has 1 amide bonds. The van der Waals surface area contributed by atoms with Crippen molar-refractivity contribution in [1.82, 2.24) is 10.6 Å². The first-order valence-corrected chi connectivity index (χ1v) is 8.34. The predicted molar refractivity (Wildman–Crippen MR) is 87.3 cm³/mol. The van der Waals surface area contributed by atoms with E-state index in [1.165, 1.54) is 31.4 Å². The molecule has 0 aliphatic heterocycles. The third-order valence-electron chi connectivity index (χ3n) is 4.72. The Morgan fingerprint density at radius 2 is 1.86 bits per heavy atom. The van der Waals surface area contributed by atoms with Gasteiger partial charge in [-0.25, -0.2) is 4.39 Å². The standard InChI is InChI=1S/C18H27FN2O/c1-20-13-5-6-17(22)21-14-18(11-3-2-4-12-18)15-7-9-16(19)10-8-15/h7-10,20H,2-6,11-14H2,1H3,(H,21,22). The van der Waals surface area contributed by atoms with Crippen LogP contribution in [0, 0.1) is 5.82 Å². The van der Waals surface area contributed by atoms with Crippen LogP contribution in [0.2, 0.25) is 0 Å². The fourth-order valence-corrected chi connectivity index (χ4v) is 3.38. The van der Waals surface area contributed by atoms with Gasteiger partial charge >= 0.3 is 0 Å². The van der Waals surface area contributed by atoms with E-state index in [0.29, 0.717) is 13.0 Å². The van der Waals surface area contributed by atoms with Gasteiger partial charge in [0.15, 0.2) is 0 Å². The third-order valence-corrected chi connectivity index (χ3v) is 4.72. The van der Waals surface area contributed by atoms with Gasteiger partial charge in [-0.1, -0.05) is 31.4 Å². The van der Waals surface area contributed by atoms with Crippen molar-refractivity contribution in [2.45, 2.75) is 50.4 Å². The molecule has 1 aliphatic carbocycles. The van der Waals surface area contributed by atoms with E-state index < -0.39 is 0 Å². The summed E-state index contributed by atoms with van der Waals surface area (Å²) in [5.41, 5.74) is 1.13. The molecule has 2 N–H and O–H groups in total. The molecule has 1 fully saturated rings. The maximum Gasteiger partial charge on any atom is 0.220 e. The second-order valence-electron chi connectivity index (χ2n) is 6.33. The number of nitrogens with one attached hydrogen (secondary N) is 2. The van der Waals surface area contributed by atoms with Gasteiger partial charge in [-0.2, -0.15) is 0 Å². The molecule has 0 unspecified atom stereocenters. The maximum atomic E-state index is 13.2. The zero-order valence-corrected chi connectivity index (χ0v) is 13.5. The molecule has 1 aromatic carbocycles. The summed E-state index contributed by atoms with van der Waals surface area (Å²) in [6.45, 7) is 1.52. The summed E-state index contributed by atoms with van der Waals surface area (Å²) in [6.07, 6.45) is 7.14. The van der Waals surface area contributed by atoms with Crippen LogP contribution in [0.4, 0.5) is 4.39 Å². The van der Waals surface area contributed by atoms with Crippen molar-refractivity contribution in [2.75, 3.05) is 20.1 Å². The van der Waals surface area contributed by atoms with E-state index >= 15 is 0 Å². The quantitative estimate of drug-likeness (QED) is 0.760. The third kappa shape index (κ3) is 4.54. The molecule has 3 nitrogen and oxygen atoms in total. The van der Waals surface area contributed by atoms with Gasteiger partial charge in [0.2, 0.25) is 5.91 Å². The molecule has 1 saturated carbocycles. The Morgan fingerprint density at radius 3 is 2.50 bits per heavy atom. The van der Waals surface area contributed by atoms with Gasteiger partial charge in [-0.05, 0) is 50.6 Å². The molecule has 2 rings (SSSR count). The first kappa shape index (κ1) is 16.9. The Bertz CT molecular complexity index is 466. The number of hydrogen-bond acceptors (Lipinski definition) is 2. The summed E-state index contributed by atoms with van der Waals surface area (Å²) in [5, 5.41) is 6.16. The lowest BCUT2D eigenvalue weighted by Gasteiger charge is -2.38. The smallest absolute Gasteiger partial charge is 0.220 e. The highest BCUT2D eigenvalue weighted by atomic mass is 19.1. The molecule has 0 aromatic heterocycles. The van der Waals surface area contributed by atoms with E-state index in [2.05, 4.69) is 10.6 Å². The Labute approximate surface area is 132 Å². The Hall–Kier alpha value is -1.42. The van der Waals surface area contributed by atoms with E-state index in [1.54, 1.807) is 0 Å². The van der Waals surface area contributed by atoms with Crippen LogP contribution < -0.4 is 10.6 Å². The molecular formula is C18H27FN2O. The fraction of sp³-hybridized carbons (Fsp3) is 0.611. The summed E-state index contributed by atoms with van der Waals surface area (Å²) in [6, 6.07) is 6.82. The normalized spacial score (nSPS) is 17.2. The highest BCUT2D eigenvalue weighted by Gasteiger charge is 2.34. The summed E-state index contributed by atoms with van der Waals surface area (Å²) in [5.74, 6) is -0.0897. The van der Waals surface area contributed by atoms with Crippen LogP contribution in [0.25, 0.3) is 0 Å². The number of amides is 1. The highest BCUT2D eigenvalue weighted by molar-refractivity contribution is 5.76. The molecule has 4 heteroatoms. The second kappa shape index (κ2) is 8.28. The number of halogens is 1. The van der Waals surface area contributed by atoms with Crippen molar-refractivity contribution in [3.63, 3.8) is 0 Å². The van der Waals surface area contributed by atoms with Gasteiger partial charge in [0.25, 0.3) is 0 Å². The molecule has 0 radical (unpaired) electrons. The Morgan fingerprint density at radius 1 is 1.18 bits per heavy atom. The van der Waals surface area contributed by atoms with Gasteiger partial charge in [0.05, 0.1) is 0 Å². The van der Waals surface area contributed by atoms with Gasteiger partial charge < -0.3 is 10.6 Å². The summed E-state index contributed by atoms with van der Waals surface area (Å²) in [7, 11) is 1.89. The summed E-state index contributed by atoms with van der Waals surface area (Å²) >= 11 is 0. The molecule has 0 saturated heterocycles. The molecule has 0 spiro atoms. The highest BCUT2D eigenvalue weighted by Crippen LogP contribution is 2.39. The lowest BCUT2D eigenvalue weighted by Crippen LogP contribution is -2.42. The minimum atomic E-state index is -0.203. The fourth-order valence-electron chi connectivity index (χ4n) is 3.38. The minimum absolute atomic E-state index is 0.0232. The number of hydrogen-bond donors (Lipinski definition) is 2. The van der Waals surface area contributed by atoms with Crippen LogP contribution >= 0.6 is 0 Å². The van der Waals surface area contributed by atoms with Crippen LogP contribution in [0.15, 0.2) is 24.3 Å². The van der Waals surface area contributed by atoms with Crippen LogP contribution in [-0.2, 0) is 10.2 Å². The predicted octanol–water partition coefficient (Wildman–Crippen LogP) is 3.14. The summed E-state index contributed by atoms with van der Waals surface area (Å²) < 4.78 is 13.2. The van der Waals surface area contributed by atoms with Crippen LogP contribution in [0.5, 0.6) is 0 Å². The van der Waals surface area contributed by atoms with Crippen LogP contribution in [0.1, 0.15) is 50.5 Å². The van der Waals surface area contributed by atoms with Gasteiger partial charge in [0, 0.05) is 18.4 Å². The molecular weight excluding hydrogens is 279 g/mol. The van der Waals surface area contributed by atoms with E-state index in [-0.39, 0.29) is 17.1 Å². The van der Waals surface area contributed by atoms with Crippen molar-refractivity contribution >= 4 is 5.91 Å². The second-order valence-corrected chi connectivity index (χ2v) is 6.33. The van der Waals surface area contributed by atoms with E-state index in [1.807, 2.05) is 19.2 Å². The van der Waals surface area contributed by atoms with Crippen molar-refractivity contribution in [3.8, 4) is 0 Å². The molecule has 0 bridgehead atoms. The molecule has 0 atom stereocenters. The maximum absolute atomic E-state index is 13.2. The first-order chi connectivity index (χ1) is 10.7. The minimum Gasteiger partial charge on any atom is -0.355 e. The van der Waals surface area contributed by atoms with Gasteiger partial charge in [0.1, 0.15) is 5.82 Å². The SMILES string of the molecule is CNCCCC(=O)NCC1(c2ccc(F)cc2)CCCCC1. The van der Waals surface area contributed by atoms with Crippen molar-refractivity contribution < 1.29 is 9.18 Å². The number of carbonyl (C=O) groups is 1. The number of rotatable bonds is 7. The van der Waals surface area contributed by atoms with E-state index in [4.69, 9.17) is 0 Å². The van der Waals surface area contributed by atoms with Crippen molar-refractivity contribution in [2.24, 2.45) is 0 Å². The molecule has 1 aromatic rings. The Balaban J connectivity index is 2.00. The molecule has 0 heterocycles. The Kier molecular flexibility index (Phi) is 6.37. The lowest BCUT2D eigenvalue weighted by atomic mass is 9.69. The van der Waals surface area contributed by atoms with Crippen LogP contribution in [0.3, 0.4) is 0 Å². The van der Waals surface area contributed by atoms with Gasteiger partial charge in [-0.3, -0.25) is 4.79 Å². The zero-order chi connectivity index (χ0) is 15.8. The average Bonchev–Trinajstić information content (AvgIpc) is 2.55. The molecule has 22 heavy (non-hydrogen) atoms. The van der Waals surface area contributed by atoms with E-state index in [9.17, 15) is 9.18 Å². The molecule has 122 valence electrons. The van der Waals surface area contributed by atoms with E-state index in [0.717, 1.165) is 31.4 Å². The topological polar surface area (TPSA) is 41.1 Å². The largest absolute Gasteiger partial charge is 0.355 e. The van der Waals surface area contributed by atoms with Gasteiger partial charge in [-0.15, -0.1) is 0 Å². The van der Waals surface area contributed by atoms with Crippen molar-refractivity contribution in [3.05, 3.63) is 35.6 Å². The average molecular weight is 306 g/mol. The lowest BCUT2D eigenvalue weighted by molar-refractivity contribution is -0.121. The number of carbonyl (C=O) groups excluding carboxylic acids is 1. The first-order valence-electron chi connectivity index (χ1n) is 8.34. The van der Waals surface area contributed by atoms with Crippen LogP contribution in [-0.4, -0.2) is 26.0 Å².